The van der Waals surface area contributed by atoms with Gasteiger partial charge in [-0.15, -0.1) is 21.5 Å². The lowest BCUT2D eigenvalue weighted by molar-refractivity contribution is -0.127. The Hall–Kier alpha value is -1.64. The van der Waals surface area contributed by atoms with E-state index >= 15 is 0 Å². The number of carbonyl (C=O) groups is 1. The molecule has 1 aromatic carbocycles. The van der Waals surface area contributed by atoms with E-state index in [1.165, 1.54) is 22.9 Å². The summed E-state index contributed by atoms with van der Waals surface area (Å²) in [6.45, 7) is 4.78. The van der Waals surface area contributed by atoms with Crippen LogP contribution in [0.1, 0.15) is 16.0 Å². The molecule has 0 radical (unpaired) electrons. The van der Waals surface area contributed by atoms with E-state index in [1.54, 1.807) is 22.6 Å². The summed E-state index contributed by atoms with van der Waals surface area (Å²) in [7, 11) is 1.82. The average Bonchev–Trinajstić information content (AvgIpc) is 3.24. The standard InChI is InChI=1S/C18H19BrN4OS2/c1-12-4-5-15(6-13(12)2)23-11-20-21-18(23)26-10-17(24)22(3)8-16-7-14(19)9-25-16/h4-7,9,11H,8,10H2,1-3H3. The smallest absolute Gasteiger partial charge is 0.233 e. The highest BCUT2D eigenvalue weighted by Crippen LogP contribution is 2.23. The van der Waals surface area contributed by atoms with Crippen molar-refractivity contribution in [1.82, 2.24) is 19.7 Å². The van der Waals surface area contributed by atoms with Gasteiger partial charge in [-0.3, -0.25) is 9.36 Å². The predicted octanol–water partition coefficient (Wildman–Crippen LogP) is 4.46. The second-order valence-corrected chi connectivity index (χ2v) is 8.88. The minimum absolute atomic E-state index is 0.0640. The lowest BCUT2D eigenvalue weighted by atomic mass is 10.1. The van der Waals surface area contributed by atoms with E-state index in [4.69, 9.17) is 0 Å². The first-order valence-electron chi connectivity index (χ1n) is 8.01. The quantitative estimate of drug-likeness (QED) is 0.520. The molecule has 0 saturated carbocycles. The van der Waals surface area contributed by atoms with Crippen molar-refractivity contribution in [2.24, 2.45) is 0 Å². The van der Waals surface area contributed by atoms with Gasteiger partial charge in [0.25, 0.3) is 0 Å². The number of rotatable bonds is 6. The summed E-state index contributed by atoms with van der Waals surface area (Å²) in [5.74, 6) is 0.390. The maximum absolute atomic E-state index is 12.4. The van der Waals surface area contributed by atoms with Crippen LogP contribution in [0.15, 0.2) is 45.6 Å². The van der Waals surface area contributed by atoms with Crippen LogP contribution in [0.4, 0.5) is 0 Å². The molecular formula is C18H19BrN4OS2. The Morgan fingerprint density at radius 2 is 2.12 bits per heavy atom. The molecule has 0 fully saturated rings. The number of hydrogen-bond donors (Lipinski definition) is 0. The molecule has 0 unspecified atom stereocenters. The van der Waals surface area contributed by atoms with Crippen LogP contribution >= 0.6 is 39.0 Å². The number of benzene rings is 1. The molecule has 5 nitrogen and oxygen atoms in total. The minimum Gasteiger partial charge on any atom is -0.340 e. The fraction of sp³-hybridized carbons (Fsp3) is 0.278. The molecule has 0 atom stereocenters. The van der Waals surface area contributed by atoms with E-state index in [0.29, 0.717) is 17.5 Å². The topological polar surface area (TPSA) is 51.0 Å². The molecule has 0 aliphatic rings. The van der Waals surface area contributed by atoms with Gasteiger partial charge in [0.1, 0.15) is 6.33 Å². The largest absolute Gasteiger partial charge is 0.340 e. The van der Waals surface area contributed by atoms with Gasteiger partial charge < -0.3 is 4.90 Å². The third-order valence-corrected chi connectivity index (χ3v) is 6.66. The Bertz CT molecular complexity index is 922. The van der Waals surface area contributed by atoms with E-state index in [2.05, 4.69) is 52.1 Å². The highest BCUT2D eigenvalue weighted by Gasteiger charge is 2.14. The highest BCUT2D eigenvalue weighted by atomic mass is 79.9. The number of amides is 1. The fourth-order valence-corrected chi connectivity index (χ4v) is 4.74. The molecule has 1 amide bonds. The third kappa shape index (κ3) is 4.55. The summed E-state index contributed by atoms with van der Waals surface area (Å²) in [5.41, 5.74) is 3.46. The number of thioether (sulfide) groups is 1. The lowest BCUT2D eigenvalue weighted by Gasteiger charge is -2.16. The summed E-state index contributed by atoms with van der Waals surface area (Å²) in [6.07, 6.45) is 1.68. The van der Waals surface area contributed by atoms with Crippen LogP contribution in [0.3, 0.4) is 0 Å². The summed E-state index contributed by atoms with van der Waals surface area (Å²) >= 11 is 6.48. The Labute approximate surface area is 169 Å². The summed E-state index contributed by atoms with van der Waals surface area (Å²) in [5, 5.41) is 10.9. The monoisotopic (exact) mass is 450 g/mol. The van der Waals surface area contributed by atoms with Gasteiger partial charge >= 0.3 is 0 Å². The van der Waals surface area contributed by atoms with Crippen LogP contribution in [-0.4, -0.2) is 38.4 Å². The van der Waals surface area contributed by atoms with Crippen molar-refractivity contribution in [2.75, 3.05) is 12.8 Å². The fourth-order valence-electron chi connectivity index (χ4n) is 2.37. The molecule has 0 spiro atoms. The van der Waals surface area contributed by atoms with Crippen molar-refractivity contribution in [2.45, 2.75) is 25.5 Å². The lowest BCUT2D eigenvalue weighted by Crippen LogP contribution is -2.27. The first kappa shape index (κ1) is 19.1. The Kier molecular flexibility index (Phi) is 6.16. The molecule has 0 bridgehead atoms. The minimum atomic E-state index is 0.0640. The first-order valence-corrected chi connectivity index (χ1v) is 10.7. The Balaban J connectivity index is 1.64. The molecule has 3 rings (SSSR count). The number of nitrogens with zero attached hydrogens (tertiary/aromatic N) is 4. The van der Waals surface area contributed by atoms with E-state index < -0.39 is 0 Å². The molecule has 0 aliphatic heterocycles. The maximum atomic E-state index is 12.4. The third-order valence-electron chi connectivity index (χ3n) is 4.05. The van der Waals surface area contributed by atoms with Crippen LogP contribution < -0.4 is 0 Å². The van der Waals surface area contributed by atoms with Crippen LogP contribution in [0.2, 0.25) is 0 Å². The van der Waals surface area contributed by atoms with Gasteiger partial charge in [-0.1, -0.05) is 17.8 Å². The first-order chi connectivity index (χ1) is 12.4. The van der Waals surface area contributed by atoms with Crippen LogP contribution in [0, 0.1) is 13.8 Å². The Morgan fingerprint density at radius 3 is 2.81 bits per heavy atom. The zero-order valence-corrected chi connectivity index (χ0v) is 18.0. The predicted molar refractivity (Wildman–Crippen MR) is 110 cm³/mol. The number of carbonyl (C=O) groups excluding carboxylic acids is 1. The molecule has 2 heterocycles. The van der Waals surface area contributed by atoms with Crippen LogP contribution in [-0.2, 0) is 11.3 Å². The van der Waals surface area contributed by atoms with Gasteiger partial charge in [-0.25, -0.2) is 0 Å². The van der Waals surface area contributed by atoms with E-state index in [-0.39, 0.29) is 5.91 Å². The molecule has 26 heavy (non-hydrogen) atoms. The van der Waals surface area contributed by atoms with Crippen molar-refractivity contribution in [3.05, 3.63) is 56.4 Å². The molecule has 8 heteroatoms. The van der Waals surface area contributed by atoms with Crippen molar-refractivity contribution in [3.63, 3.8) is 0 Å². The van der Waals surface area contributed by atoms with Gasteiger partial charge in [0.2, 0.25) is 5.91 Å². The molecule has 0 aliphatic carbocycles. The summed E-state index contributed by atoms with van der Waals surface area (Å²) in [4.78, 5) is 15.3. The SMILES string of the molecule is Cc1ccc(-n2cnnc2SCC(=O)N(C)Cc2cc(Br)cs2)cc1C. The van der Waals surface area contributed by atoms with Crippen molar-refractivity contribution in [3.8, 4) is 5.69 Å². The van der Waals surface area contributed by atoms with Crippen LogP contribution in [0.25, 0.3) is 5.69 Å². The molecular weight excluding hydrogens is 432 g/mol. The van der Waals surface area contributed by atoms with Gasteiger partial charge in [-0.2, -0.15) is 0 Å². The van der Waals surface area contributed by atoms with E-state index in [9.17, 15) is 4.79 Å². The molecule has 0 N–H and O–H groups in total. The van der Waals surface area contributed by atoms with Crippen molar-refractivity contribution >= 4 is 44.9 Å². The van der Waals surface area contributed by atoms with Gasteiger partial charge in [0, 0.05) is 27.5 Å². The number of thiophene rings is 1. The highest BCUT2D eigenvalue weighted by molar-refractivity contribution is 9.10. The van der Waals surface area contributed by atoms with Crippen molar-refractivity contribution in [1.29, 1.82) is 0 Å². The molecule has 136 valence electrons. The number of aryl methyl sites for hydroxylation is 2. The van der Waals surface area contributed by atoms with Gasteiger partial charge in [0.05, 0.1) is 12.3 Å². The number of hydrogen-bond acceptors (Lipinski definition) is 5. The molecule has 0 saturated heterocycles. The van der Waals surface area contributed by atoms with Gasteiger partial charge in [0.15, 0.2) is 5.16 Å². The zero-order valence-electron chi connectivity index (χ0n) is 14.8. The second kappa shape index (κ2) is 8.37. The van der Waals surface area contributed by atoms with Crippen molar-refractivity contribution < 1.29 is 4.79 Å². The van der Waals surface area contributed by atoms with Crippen LogP contribution in [0.5, 0.6) is 0 Å². The average molecular weight is 451 g/mol. The number of halogens is 1. The molecule has 2 aromatic heterocycles. The zero-order chi connectivity index (χ0) is 18.7. The summed E-state index contributed by atoms with van der Waals surface area (Å²) < 4.78 is 2.97. The number of aromatic nitrogens is 3. The van der Waals surface area contributed by atoms with E-state index in [0.717, 1.165) is 15.0 Å². The second-order valence-electron chi connectivity index (χ2n) is 6.02. The molecule has 3 aromatic rings. The van der Waals surface area contributed by atoms with Gasteiger partial charge in [-0.05, 0) is 59.1 Å². The maximum Gasteiger partial charge on any atom is 0.233 e. The normalized spacial score (nSPS) is 10.9. The van der Waals surface area contributed by atoms with E-state index in [1.807, 2.05) is 29.1 Å². The Morgan fingerprint density at radius 1 is 1.31 bits per heavy atom. The summed E-state index contributed by atoms with van der Waals surface area (Å²) in [6, 6.07) is 8.26.